The molecule has 19 heavy (non-hydrogen) atoms. The molecular formula is C12H12O7. The molecule has 0 saturated carbocycles. The molecule has 0 spiro atoms. The number of benzene rings is 1. The molecule has 3 rings (SSSR count). The number of hydrogen-bond acceptors (Lipinski definition) is 6. The van der Waals surface area contributed by atoms with Gasteiger partial charge < -0.3 is 19.7 Å². The van der Waals surface area contributed by atoms with Crippen LogP contribution in [-0.4, -0.2) is 47.9 Å². The number of carbonyl (C=O) groups excluding carboxylic acids is 2. The summed E-state index contributed by atoms with van der Waals surface area (Å²) >= 11 is 0. The number of ether oxygens (including phenoxy) is 2. The Morgan fingerprint density at radius 2 is 1.32 bits per heavy atom. The molecule has 0 amide bonds. The Labute approximate surface area is 108 Å². The number of carbonyl (C=O) groups is 3. The number of aliphatic carboxylic acids is 1. The van der Waals surface area contributed by atoms with Gasteiger partial charge in [-0.15, -0.1) is 0 Å². The van der Waals surface area contributed by atoms with Gasteiger partial charge in [-0.05, 0) is 24.3 Å². The van der Waals surface area contributed by atoms with E-state index >= 15 is 0 Å². The monoisotopic (exact) mass is 268 g/mol. The zero-order chi connectivity index (χ0) is 14.3. The number of fused-ring (bicyclic) bond motifs is 7. The van der Waals surface area contributed by atoms with Crippen LogP contribution >= 0.6 is 0 Å². The molecule has 0 fully saturated rings. The fourth-order valence-electron chi connectivity index (χ4n) is 1.18. The van der Waals surface area contributed by atoms with Crippen molar-refractivity contribution in [1.29, 1.82) is 0 Å². The molecule has 1 aromatic rings. The number of carboxylic acids is 1. The van der Waals surface area contributed by atoms with Crippen molar-refractivity contribution in [3.05, 3.63) is 35.4 Å². The van der Waals surface area contributed by atoms with Gasteiger partial charge in [0.2, 0.25) is 0 Å². The van der Waals surface area contributed by atoms with Crippen molar-refractivity contribution in [3.63, 3.8) is 0 Å². The number of aliphatic hydroxyl groups is 1. The number of carboxylic acid groups (broad SMARTS) is 1. The maximum absolute atomic E-state index is 11.3. The first-order chi connectivity index (χ1) is 9.04. The molecule has 2 aliphatic rings. The number of esters is 2. The number of hydrogen-bond donors (Lipinski definition) is 2. The van der Waals surface area contributed by atoms with Crippen molar-refractivity contribution in [1.82, 2.24) is 0 Å². The van der Waals surface area contributed by atoms with E-state index in [1.165, 1.54) is 0 Å². The Morgan fingerprint density at radius 3 is 1.58 bits per heavy atom. The maximum Gasteiger partial charge on any atom is 0.338 e. The van der Waals surface area contributed by atoms with Crippen LogP contribution in [-0.2, 0) is 14.3 Å². The van der Waals surface area contributed by atoms with E-state index in [0.717, 1.165) is 0 Å². The van der Waals surface area contributed by atoms with Crippen molar-refractivity contribution >= 4 is 17.9 Å². The lowest BCUT2D eigenvalue weighted by atomic mass is 10.1. The first-order valence-electron chi connectivity index (χ1n) is 5.31. The highest BCUT2D eigenvalue weighted by molar-refractivity contribution is 5.93. The zero-order valence-corrected chi connectivity index (χ0v) is 9.87. The third-order valence-corrected chi connectivity index (χ3v) is 2.04. The second kappa shape index (κ2) is 7.12. The van der Waals surface area contributed by atoms with Gasteiger partial charge in [0, 0.05) is 0 Å². The Balaban J connectivity index is 0.000000312. The van der Waals surface area contributed by atoms with Gasteiger partial charge in [0.25, 0.3) is 0 Å². The first kappa shape index (κ1) is 14.7. The summed E-state index contributed by atoms with van der Waals surface area (Å²) in [4.78, 5) is 31.6. The maximum atomic E-state index is 11.3. The van der Waals surface area contributed by atoms with Crippen LogP contribution in [0.5, 0.6) is 0 Å². The molecule has 7 nitrogen and oxygen atoms in total. The van der Waals surface area contributed by atoms with Crippen LogP contribution in [0.1, 0.15) is 20.7 Å². The predicted octanol–water partition coefficient (Wildman–Crippen LogP) is 0.0771. The normalized spacial score (nSPS) is 13.7. The molecule has 2 aliphatic heterocycles. The van der Waals surface area contributed by atoms with Gasteiger partial charge in [-0.25, -0.2) is 14.4 Å². The summed E-state index contributed by atoms with van der Waals surface area (Å²) in [5.41, 5.74) is 0.895. The van der Waals surface area contributed by atoms with Crippen LogP contribution in [0.4, 0.5) is 0 Å². The van der Waals surface area contributed by atoms with Gasteiger partial charge in [0.05, 0.1) is 11.1 Å². The summed E-state index contributed by atoms with van der Waals surface area (Å²) in [5.74, 6) is -1.98. The molecule has 1 aromatic carbocycles. The molecule has 0 radical (unpaired) electrons. The van der Waals surface area contributed by atoms with Crippen LogP contribution in [0.25, 0.3) is 0 Å². The van der Waals surface area contributed by atoms with Gasteiger partial charge in [-0.1, -0.05) is 0 Å². The lowest BCUT2D eigenvalue weighted by Crippen LogP contribution is -2.16. The van der Waals surface area contributed by atoms with Crippen LogP contribution in [0.15, 0.2) is 24.3 Å². The Morgan fingerprint density at radius 1 is 1.00 bits per heavy atom. The van der Waals surface area contributed by atoms with Gasteiger partial charge >= 0.3 is 17.9 Å². The molecular weight excluding hydrogens is 256 g/mol. The molecule has 2 N–H and O–H groups in total. The van der Waals surface area contributed by atoms with E-state index in [1.807, 2.05) is 0 Å². The zero-order valence-electron chi connectivity index (χ0n) is 9.87. The highest BCUT2D eigenvalue weighted by atomic mass is 16.6. The van der Waals surface area contributed by atoms with Crippen LogP contribution in [0.3, 0.4) is 0 Å². The largest absolute Gasteiger partial charge is 0.480 e. The molecule has 0 unspecified atom stereocenters. The Bertz CT molecular complexity index is 426. The van der Waals surface area contributed by atoms with Crippen molar-refractivity contribution < 1.29 is 34.1 Å². The minimum Gasteiger partial charge on any atom is -0.480 e. The lowest BCUT2D eigenvalue weighted by molar-refractivity contribution is -0.140. The summed E-state index contributed by atoms with van der Waals surface area (Å²) < 4.78 is 9.66. The standard InChI is InChI=1S/C10H8O4.C2H4O3/c11-9-7-1-2-8(4-3-7)10(12)14-6-5-13-9;3-1-2(4)5/h1-4H,5-6H2;3H,1H2,(H,4,5). The van der Waals surface area contributed by atoms with Gasteiger partial charge in [0.15, 0.2) is 0 Å². The quantitative estimate of drug-likeness (QED) is 0.694. The van der Waals surface area contributed by atoms with E-state index in [2.05, 4.69) is 0 Å². The Kier molecular flexibility index (Phi) is 5.49. The minimum atomic E-state index is -1.19. The summed E-state index contributed by atoms with van der Waals surface area (Å²) in [6.45, 7) is -0.577. The fourth-order valence-corrected chi connectivity index (χ4v) is 1.18. The molecule has 0 saturated heterocycles. The van der Waals surface area contributed by atoms with Gasteiger partial charge in [-0.3, -0.25) is 0 Å². The van der Waals surface area contributed by atoms with E-state index in [4.69, 9.17) is 24.5 Å². The number of rotatable bonds is 1. The summed E-state index contributed by atoms with van der Waals surface area (Å²) in [6.07, 6.45) is 0. The second-order valence-corrected chi connectivity index (χ2v) is 3.40. The first-order valence-corrected chi connectivity index (χ1v) is 5.31. The number of aliphatic hydroxyl groups excluding tert-OH is 1. The highest BCUT2D eigenvalue weighted by Gasteiger charge is 2.13. The van der Waals surface area contributed by atoms with Crippen LogP contribution in [0.2, 0.25) is 0 Å². The van der Waals surface area contributed by atoms with E-state index in [0.29, 0.717) is 11.1 Å². The third-order valence-electron chi connectivity index (χ3n) is 2.04. The minimum absolute atomic E-state index is 0.100. The fraction of sp³-hybridized carbons (Fsp3) is 0.250. The van der Waals surface area contributed by atoms with Crippen LogP contribution in [0, 0.1) is 0 Å². The highest BCUT2D eigenvalue weighted by Crippen LogP contribution is 2.09. The van der Waals surface area contributed by atoms with E-state index in [-0.39, 0.29) is 13.2 Å². The van der Waals surface area contributed by atoms with Crippen LogP contribution < -0.4 is 0 Å². The molecule has 2 heterocycles. The van der Waals surface area contributed by atoms with Crippen molar-refractivity contribution in [2.24, 2.45) is 0 Å². The molecule has 102 valence electrons. The molecule has 0 atom stereocenters. The molecule has 0 aliphatic carbocycles. The second-order valence-electron chi connectivity index (χ2n) is 3.40. The smallest absolute Gasteiger partial charge is 0.338 e. The van der Waals surface area contributed by atoms with Crippen molar-refractivity contribution in [2.45, 2.75) is 0 Å². The summed E-state index contributed by atoms with van der Waals surface area (Å²) in [5, 5.41) is 15.0. The van der Waals surface area contributed by atoms with E-state index in [1.54, 1.807) is 24.3 Å². The average molecular weight is 268 g/mol. The average Bonchev–Trinajstić information content (AvgIpc) is 2.43. The lowest BCUT2D eigenvalue weighted by Gasteiger charge is -2.09. The van der Waals surface area contributed by atoms with Gasteiger partial charge in [0.1, 0.15) is 19.8 Å². The molecule has 7 heteroatoms. The SMILES string of the molecule is O=C(O)CO.O=C1OCCOC(=O)c2ccc1cc2. The van der Waals surface area contributed by atoms with E-state index in [9.17, 15) is 9.59 Å². The van der Waals surface area contributed by atoms with Gasteiger partial charge in [-0.2, -0.15) is 0 Å². The van der Waals surface area contributed by atoms with Crippen molar-refractivity contribution in [3.8, 4) is 0 Å². The van der Waals surface area contributed by atoms with Crippen molar-refractivity contribution in [2.75, 3.05) is 19.8 Å². The third kappa shape index (κ3) is 4.76. The summed E-state index contributed by atoms with van der Waals surface area (Å²) in [7, 11) is 0. The molecule has 2 bridgehead atoms. The summed E-state index contributed by atoms with van der Waals surface area (Å²) in [6, 6.07) is 6.18. The Hall–Kier alpha value is -2.41. The topological polar surface area (TPSA) is 110 Å². The molecule has 0 aromatic heterocycles. The van der Waals surface area contributed by atoms with E-state index < -0.39 is 24.5 Å². The predicted molar refractivity (Wildman–Crippen MR) is 61.7 cm³/mol.